The summed E-state index contributed by atoms with van der Waals surface area (Å²) in [7, 11) is 0. The number of hydrogen-bond donors (Lipinski definition) is 2. The van der Waals surface area contributed by atoms with E-state index in [1.54, 1.807) is 24.3 Å². The van der Waals surface area contributed by atoms with Gasteiger partial charge in [-0.1, -0.05) is 24.3 Å². The summed E-state index contributed by atoms with van der Waals surface area (Å²) in [5, 5.41) is 18.5. The summed E-state index contributed by atoms with van der Waals surface area (Å²) in [5.41, 5.74) is 1.47. The Hall–Kier alpha value is -2.29. The van der Waals surface area contributed by atoms with Crippen LogP contribution < -0.4 is 0 Å². The third kappa shape index (κ3) is 1.88. The molecule has 79 valence electrons. The highest BCUT2D eigenvalue weighted by molar-refractivity contribution is 5.89. The first-order valence-electron chi connectivity index (χ1n) is 4.71. The topological polar surface area (TPSA) is 57.5 Å². The number of carbonyl (C=O) groups is 1. The zero-order valence-electron chi connectivity index (χ0n) is 8.34. The highest BCUT2D eigenvalue weighted by atomic mass is 16.4. The van der Waals surface area contributed by atoms with Crippen LogP contribution in [-0.2, 0) is 0 Å². The second kappa shape index (κ2) is 4.06. The van der Waals surface area contributed by atoms with Gasteiger partial charge in [-0.15, -0.1) is 0 Å². The summed E-state index contributed by atoms with van der Waals surface area (Å²) in [4.78, 5) is 10.8. The Morgan fingerprint density at radius 2 is 2.06 bits per heavy atom. The highest BCUT2D eigenvalue weighted by Crippen LogP contribution is 2.28. The predicted molar refractivity (Wildman–Crippen MR) is 59.3 cm³/mol. The minimum atomic E-state index is -0.983. The van der Waals surface area contributed by atoms with E-state index in [9.17, 15) is 9.90 Å². The molecule has 2 N–H and O–H groups in total. The van der Waals surface area contributed by atoms with Crippen LogP contribution in [0.2, 0.25) is 0 Å². The summed E-state index contributed by atoms with van der Waals surface area (Å²) in [6.45, 7) is 0. The van der Waals surface area contributed by atoms with Crippen molar-refractivity contribution in [2.24, 2.45) is 0 Å². The summed E-state index contributed by atoms with van der Waals surface area (Å²) in [6.07, 6.45) is 0. The van der Waals surface area contributed by atoms with Gasteiger partial charge in [0.05, 0.1) is 5.56 Å². The molecule has 0 saturated heterocycles. The lowest BCUT2D eigenvalue weighted by Gasteiger charge is -2.04. The number of carboxylic acid groups (broad SMARTS) is 1. The van der Waals surface area contributed by atoms with E-state index < -0.39 is 5.97 Å². The van der Waals surface area contributed by atoms with E-state index in [-0.39, 0.29) is 11.3 Å². The van der Waals surface area contributed by atoms with Crippen molar-refractivity contribution in [2.45, 2.75) is 0 Å². The highest BCUT2D eigenvalue weighted by Gasteiger charge is 2.07. The van der Waals surface area contributed by atoms with Crippen LogP contribution in [0.25, 0.3) is 11.1 Å². The van der Waals surface area contributed by atoms with Gasteiger partial charge in [0, 0.05) is 5.56 Å². The van der Waals surface area contributed by atoms with Crippen molar-refractivity contribution < 1.29 is 15.0 Å². The maximum atomic E-state index is 10.8. The molecule has 0 fully saturated rings. The Balaban J connectivity index is 2.53. The van der Waals surface area contributed by atoms with Crippen LogP contribution in [0.5, 0.6) is 5.75 Å². The van der Waals surface area contributed by atoms with Gasteiger partial charge in [0.15, 0.2) is 0 Å². The second-order valence-corrected chi connectivity index (χ2v) is 3.33. The van der Waals surface area contributed by atoms with Crippen LogP contribution >= 0.6 is 0 Å². The van der Waals surface area contributed by atoms with Crippen molar-refractivity contribution in [3.8, 4) is 16.9 Å². The second-order valence-electron chi connectivity index (χ2n) is 3.33. The van der Waals surface area contributed by atoms with E-state index >= 15 is 0 Å². The van der Waals surface area contributed by atoms with Gasteiger partial charge in [-0.2, -0.15) is 0 Å². The molecule has 0 aliphatic rings. The van der Waals surface area contributed by atoms with Crippen LogP contribution in [0.15, 0.2) is 42.5 Å². The zero-order chi connectivity index (χ0) is 11.5. The van der Waals surface area contributed by atoms with Crippen LogP contribution in [0.3, 0.4) is 0 Å². The molecule has 0 aromatic heterocycles. The molecule has 0 spiro atoms. The Bertz CT molecular complexity index is 532. The lowest BCUT2D eigenvalue weighted by molar-refractivity contribution is 0.0697. The monoisotopic (exact) mass is 213 g/mol. The van der Waals surface area contributed by atoms with E-state index in [1.807, 2.05) is 0 Å². The Labute approximate surface area is 92.6 Å². The quantitative estimate of drug-likeness (QED) is 0.806. The molecule has 0 heterocycles. The molecule has 0 atom stereocenters. The first-order valence-corrected chi connectivity index (χ1v) is 4.71. The lowest BCUT2D eigenvalue weighted by atomic mass is 10.0. The van der Waals surface area contributed by atoms with Crippen molar-refractivity contribution >= 4 is 5.97 Å². The maximum absolute atomic E-state index is 10.8. The molecule has 16 heavy (non-hydrogen) atoms. The first-order chi connectivity index (χ1) is 7.68. The van der Waals surface area contributed by atoms with Crippen LogP contribution in [0, 0.1) is 6.07 Å². The Morgan fingerprint density at radius 1 is 1.25 bits per heavy atom. The molecule has 0 aliphatic carbocycles. The van der Waals surface area contributed by atoms with E-state index in [2.05, 4.69) is 6.07 Å². The predicted octanol–water partition coefficient (Wildman–Crippen LogP) is 2.56. The number of aromatic hydroxyl groups is 1. The van der Waals surface area contributed by atoms with Gasteiger partial charge in [0.25, 0.3) is 0 Å². The fourth-order valence-corrected chi connectivity index (χ4v) is 1.49. The molecule has 0 saturated carbocycles. The van der Waals surface area contributed by atoms with Gasteiger partial charge in [-0.3, -0.25) is 0 Å². The van der Waals surface area contributed by atoms with Crippen LogP contribution in [0.4, 0.5) is 0 Å². The van der Waals surface area contributed by atoms with Crippen molar-refractivity contribution in [3.63, 3.8) is 0 Å². The van der Waals surface area contributed by atoms with E-state index in [0.29, 0.717) is 11.1 Å². The summed E-state index contributed by atoms with van der Waals surface area (Å²) >= 11 is 0. The molecule has 2 aromatic carbocycles. The lowest BCUT2D eigenvalue weighted by Crippen LogP contribution is -1.95. The van der Waals surface area contributed by atoms with Gasteiger partial charge in [0.1, 0.15) is 5.75 Å². The summed E-state index contributed by atoms with van der Waals surface area (Å²) < 4.78 is 0. The Morgan fingerprint density at radius 3 is 2.75 bits per heavy atom. The molecule has 2 aromatic rings. The number of benzene rings is 2. The van der Waals surface area contributed by atoms with Crippen molar-refractivity contribution in [2.75, 3.05) is 0 Å². The van der Waals surface area contributed by atoms with E-state index in [1.165, 1.54) is 18.2 Å². The fraction of sp³-hybridized carbons (Fsp3) is 0. The molecule has 0 unspecified atom stereocenters. The number of phenols is 1. The fourth-order valence-electron chi connectivity index (χ4n) is 1.49. The summed E-state index contributed by atoms with van der Waals surface area (Å²) in [6, 6.07) is 14.0. The van der Waals surface area contributed by atoms with Crippen LogP contribution in [0.1, 0.15) is 10.4 Å². The minimum Gasteiger partial charge on any atom is -0.507 e. The van der Waals surface area contributed by atoms with E-state index in [4.69, 9.17) is 5.11 Å². The average Bonchev–Trinajstić information content (AvgIpc) is 2.30. The molecule has 1 radical (unpaired) electrons. The number of aromatic carboxylic acids is 1. The molecular weight excluding hydrogens is 204 g/mol. The van der Waals surface area contributed by atoms with Gasteiger partial charge in [-0.25, -0.2) is 4.79 Å². The molecule has 3 nitrogen and oxygen atoms in total. The minimum absolute atomic E-state index is 0.0880. The van der Waals surface area contributed by atoms with Crippen molar-refractivity contribution in [3.05, 3.63) is 54.1 Å². The SMILES string of the molecule is O=C(O)c1cccc(-c2cc[c]cc2O)c1. The normalized spacial score (nSPS) is 10.0. The summed E-state index contributed by atoms with van der Waals surface area (Å²) in [5.74, 6) is -0.895. The molecule has 0 bridgehead atoms. The Kier molecular flexibility index (Phi) is 2.60. The van der Waals surface area contributed by atoms with Crippen molar-refractivity contribution in [1.82, 2.24) is 0 Å². The van der Waals surface area contributed by atoms with Gasteiger partial charge in [0.2, 0.25) is 0 Å². The first kappa shape index (κ1) is 10.2. The molecule has 2 rings (SSSR count). The standard InChI is InChI=1S/C13H9O3/c14-12-7-2-1-6-11(12)9-4-3-5-10(8-9)13(15)16/h1,3-8,14H,(H,15,16). The van der Waals surface area contributed by atoms with Crippen LogP contribution in [-0.4, -0.2) is 16.2 Å². The van der Waals surface area contributed by atoms with Gasteiger partial charge >= 0.3 is 5.97 Å². The number of hydrogen-bond acceptors (Lipinski definition) is 2. The zero-order valence-corrected chi connectivity index (χ0v) is 8.34. The third-order valence-electron chi connectivity index (χ3n) is 2.26. The molecule has 0 aliphatic heterocycles. The maximum Gasteiger partial charge on any atom is 0.335 e. The van der Waals surface area contributed by atoms with Gasteiger partial charge < -0.3 is 10.2 Å². The smallest absolute Gasteiger partial charge is 0.335 e. The molecule has 0 amide bonds. The van der Waals surface area contributed by atoms with Gasteiger partial charge in [-0.05, 0) is 29.8 Å². The molecular formula is C13H9O3. The average molecular weight is 213 g/mol. The number of carboxylic acids is 1. The third-order valence-corrected chi connectivity index (χ3v) is 2.26. The number of rotatable bonds is 2. The van der Waals surface area contributed by atoms with E-state index in [0.717, 1.165) is 0 Å². The van der Waals surface area contributed by atoms with Crippen molar-refractivity contribution in [1.29, 1.82) is 0 Å². The number of phenolic OH excluding ortho intramolecular Hbond substituents is 1. The largest absolute Gasteiger partial charge is 0.507 e. The molecule has 3 heteroatoms.